The predicted octanol–water partition coefficient (Wildman–Crippen LogP) is 2.33. The number of ether oxygens (including phenoxy) is 2. The van der Waals surface area contributed by atoms with Crippen LogP contribution < -0.4 is 4.74 Å². The monoisotopic (exact) mass is 339 g/mol. The normalized spacial score (nSPS) is 26.3. The minimum atomic E-state index is -0.553. The summed E-state index contributed by atoms with van der Waals surface area (Å²) in [6.07, 6.45) is 1.22. The molecule has 2 aliphatic heterocycles. The molecule has 7 heteroatoms. The Bertz CT molecular complexity index is 653. The maximum absolute atomic E-state index is 13.6. The van der Waals surface area contributed by atoms with Crippen LogP contribution in [-0.4, -0.2) is 40.6 Å². The van der Waals surface area contributed by atoms with Crippen LogP contribution in [0, 0.1) is 5.82 Å². The first-order chi connectivity index (χ1) is 10.9. The first kappa shape index (κ1) is 16.1. The summed E-state index contributed by atoms with van der Waals surface area (Å²) in [5, 5.41) is 0. The second kappa shape index (κ2) is 6.03. The van der Waals surface area contributed by atoms with E-state index in [9.17, 15) is 14.0 Å². The van der Waals surface area contributed by atoms with Crippen LogP contribution in [-0.2, 0) is 20.9 Å². The number of methoxy groups -OCH3 is 1. The van der Waals surface area contributed by atoms with E-state index in [1.807, 2.05) is 6.92 Å². The number of nitrogens with zero attached hydrogens (tertiary/aromatic N) is 1. The molecule has 1 aromatic rings. The van der Waals surface area contributed by atoms with E-state index < -0.39 is 17.8 Å². The Kier molecular flexibility index (Phi) is 4.23. The minimum absolute atomic E-state index is 0.00468. The van der Waals surface area contributed by atoms with Gasteiger partial charge in [-0.25, -0.2) is 9.18 Å². The van der Waals surface area contributed by atoms with Crippen LogP contribution >= 0.6 is 11.8 Å². The number of hydrogen-bond donors (Lipinski definition) is 0. The van der Waals surface area contributed by atoms with E-state index in [4.69, 9.17) is 9.47 Å². The van der Waals surface area contributed by atoms with E-state index in [2.05, 4.69) is 0 Å². The van der Waals surface area contributed by atoms with Crippen molar-refractivity contribution in [3.05, 3.63) is 29.6 Å². The first-order valence-electron chi connectivity index (χ1n) is 7.40. The Labute approximate surface area is 138 Å². The SMILES string of the molecule is COc1ccc(COC(=O)[C@H]2CS[C@]3(C)CCC(=O)N23)cc1F. The Hall–Kier alpha value is -1.76. The van der Waals surface area contributed by atoms with Crippen LogP contribution in [0.5, 0.6) is 5.75 Å². The molecule has 0 unspecified atom stereocenters. The number of hydrogen-bond acceptors (Lipinski definition) is 5. The number of thioether (sulfide) groups is 1. The highest BCUT2D eigenvalue weighted by Gasteiger charge is 2.53. The number of fused-ring (bicyclic) bond motifs is 1. The fourth-order valence-electron chi connectivity index (χ4n) is 3.05. The Morgan fingerprint density at radius 3 is 3.00 bits per heavy atom. The zero-order valence-corrected chi connectivity index (χ0v) is 13.8. The molecular formula is C16H18FNO4S. The van der Waals surface area contributed by atoms with E-state index >= 15 is 0 Å². The molecule has 0 bridgehead atoms. The minimum Gasteiger partial charge on any atom is -0.494 e. The number of carbonyl (C=O) groups is 2. The molecule has 2 saturated heterocycles. The van der Waals surface area contributed by atoms with Crippen LogP contribution in [0.25, 0.3) is 0 Å². The van der Waals surface area contributed by atoms with Crippen molar-refractivity contribution in [3.8, 4) is 5.75 Å². The highest BCUT2D eigenvalue weighted by Crippen LogP contribution is 2.47. The topological polar surface area (TPSA) is 55.8 Å². The molecule has 0 aromatic heterocycles. The van der Waals surface area contributed by atoms with Crippen molar-refractivity contribution in [2.45, 2.75) is 37.3 Å². The van der Waals surface area contributed by atoms with Gasteiger partial charge in [0.2, 0.25) is 5.91 Å². The number of esters is 1. The number of carbonyl (C=O) groups excluding carboxylic acids is 2. The molecule has 23 heavy (non-hydrogen) atoms. The van der Waals surface area contributed by atoms with Crippen molar-refractivity contribution in [1.82, 2.24) is 4.90 Å². The first-order valence-corrected chi connectivity index (χ1v) is 8.38. The maximum atomic E-state index is 13.6. The molecule has 0 aliphatic carbocycles. The predicted molar refractivity (Wildman–Crippen MR) is 83.5 cm³/mol. The van der Waals surface area contributed by atoms with Gasteiger partial charge in [0.15, 0.2) is 11.6 Å². The molecule has 1 amide bonds. The molecule has 0 radical (unpaired) electrons. The molecule has 0 saturated carbocycles. The van der Waals surface area contributed by atoms with Gasteiger partial charge in [-0.3, -0.25) is 4.79 Å². The van der Waals surface area contributed by atoms with Crippen molar-refractivity contribution >= 4 is 23.6 Å². The number of amides is 1. The lowest BCUT2D eigenvalue weighted by Crippen LogP contribution is -2.46. The Balaban J connectivity index is 1.64. The van der Waals surface area contributed by atoms with Crippen molar-refractivity contribution in [1.29, 1.82) is 0 Å². The van der Waals surface area contributed by atoms with E-state index in [0.717, 1.165) is 6.42 Å². The van der Waals surface area contributed by atoms with E-state index in [1.54, 1.807) is 22.7 Å². The maximum Gasteiger partial charge on any atom is 0.330 e. The lowest BCUT2D eigenvalue weighted by atomic mass is 10.2. The lowest BCUT2D eigenvalue weighted by Gasteiger charge is -2.29. The van der Waals surface area contributed by atoms with Crippen molar-refractivity contribution in [2.75, 3.05) is 12.9 Å². The summed E-state index contributed by atoms with van der Waals surface area (Å²) in [6.45, 7) is 1.95. The molecule has 3 rings (SSSR count). The van der Waals surface area contributed by atoms with Gasteiger partial charge in [0, 0.05) is 12.2 Å². The van der Waals surface area contributed by atoms with E-state index in [1.165, 1.54) is 19.2 Å². The Morgan fingerprint density at radius 1 is 1.52 bits per heavy atom. The average Bonchev–Trinajstić information content (AvgIpc) is 3.02. The third kappa shape index (κ3) is 2.89. The second-order valence-corrected chi connectivity index (χ2v) is 7.34. The smallest absolute Gasteiger partial charge is 0.330 e. The highest BCUT2D eigenvalue weighted by molar-refractivity contribution is 8.01. The van der Waals surface area contributed by atoms with Crippen molar-refractivity contribution in [3.63, 3.8) is 0 Å². The lowest BCUT2D eigenvalue weighted by molar-refractivity contribution is -0.154. The molecule has 2 aliphatic rings. The second-order valence-electron chi connectivity index (χ2n) is 5.84. The summed E-state index contributed by atoms with van der Waals surface area (Å²) in [7, 11) is 1.39. The molecule has 2 heterocycles. The molecule has 2 fully saturated rings. The molecule has 5 nitrogen and oxygen atoms in total. The third-order valence-corrected chi connectivity index (χ3v) is 5.82. The van der Waals surface area contributed by atoms with Gasteiger partial charge in [-0.15, -0.1) is 11.8 Å². The summed E-state index contributed by atoms with van der Waals surface area (Å²) >= 11 is 1.61. The Morgan fingerprint density at radius 2 is 2.30 bits per heavy atom. The number of halogens is 1. The van der Waals surface area contributed by atoms with Gasteiger partial charge in [-0.1, -0.05) is 6.07 Å². The van der Waals surface area contributed by atoms with Gasteiger partial charge in [0.1, 0.15) is 12.6 Å². The van der Waals surface area contributed by atoms with Gasteiger partial charge >= 0.3 is 5.97 Å². The third-order valence-electron chi connectivity index (χ3n) is 4.31. The van der Waals surface area contributed by atoms with Gasteiger partial charge in [-0.2, -0.15) is 0 Å². The van der Waals surface area contributed by atoms with Gasteiger partial charge < -0.3 is 14.4 Å². The van der Waals surface area contributed by atoms with Crippen LogP contribution in [0.1, 0.15) is 25.3 Å². The number of benzene rings is 1. The van der Waals surface area contributed by atoms with Crippen LogP contribution in [0.3, 0.4) is 0 Å². The fraction of sp³-hybridized carbons (Fsp3) is 0.500. The van der Waals surface area contributed by atoms with Gasteiger partial charge in [-0.05, 0) is 31.0 Å². The van der Waals surface area contributed by atoms with Gasteiger partial charge in [0.05, 0.1) is 12.0 Å². The highest BCUT2D eigenvalue weighted by atomic mass is 32.2. The van der Waals surface area contributed by atoms with Crippen molar-refractivity contribution < 1.29 is 23.5 Å². The summed E-state index contributed by atoms with van der Waals surface area (Å²) in [6, 6.07) is 3.86. The molecule has 0 N–H and O–H groups in total. The van der Waals surface area contributed by atoms with E-state index in [0.29, 0.717) is 17.7 Å². The largest absolute Gasteiger partial charge is 0.494 e. The summed E-state index contributed by atoms with van der Waals surface area (Å²) in [5.74, 6) is -0.258. The summed E-state index contributed by atoms with van der Waals surface area (Å²) in [4.78, 5) is 25.7. The molecule has 0 spiro atoms. The zero-order chi connectivity index (χ0) is 16.6. The molecule has 1 aromatic carbocycles. The van der Waals surface area contributed by atoms with Crippen molar-refractivity contribution in [2.24, 2.45) is 0 Å². The average molecular weight is 339 g/mol. The standard InChI is InChI=1S/C16H18FNO4S/c1-16-6-5-14(19)18(16)12(9-23-16)15(20)22-8-10-3-4-13(21-2)11(17)7-10/h3-4,7,12H,5-6,8-9H2,1-2H3/t12-,16-/m1/s1. The summed E-state index contributed by atoms with van der Waals surface area (Å²) in [5.41, 5.74) is 0.540. The quantitative estimate of drug-likeness (QED) is 0.788. The summed E-state index contributed by atoms with van der Waals surface area (Å²) < 4.78 is 23.8. The molecule has 2 atom stereocenters. The van der Waals surface area contributed by atoms with E-state index in [-0.39, 0.29) is 23.1 Å². The zero-order valence-electron chi connectivity index (χ0n) is 13.0. The van der Waals surface area contributed by atoms with Crippen LogP contribution in [0.4, 0.5) is 4.39 Å². The molecule has 124 valence electrons. The van der Waals surface area contributed by atoms with Crippen LogP contribution in [0.2, 0.25) is 0 Å². The number of rotatable bonds is 4. The fourth-order valence-corrected chi connectivity index (χ4v) is 4.46. The van der Waals surface area contributed by atoms with Crippen LogP contribution in [0.15, 0.2) is 18.2 Å². The molecular weight excluding hydrogens is 321 g/mol. The van der Waals surface area contributed by atoms with Gasteiger partial charge in [0.25, 0.3) is 0 Å².